The molecule has 9 nitrogen and oxygen atoms in total. The Bertz CT molecular complexity index is 777. The average molecular weight is 634 g/mol. The van der Waals surface area contributed by atoms with Crippen molar-refractivity contribution >= 4 is 19.8 Å². The molecule has 0 aliphatic heterocycles. The lowest BCUT2D eigenvalue weighted by Gasteiger charge is -2.28. The van der Waals surface area contributed by atoms with Gasteiger partial charge >= 0.3 is 18.1 Å². The van der Waals surface area contributed by atoms with Crippen molar-refractivity contribution in [3.63, 3.8) is 0 Å². The number of halogens is 3. The van der Waals surface area contributed by atoms with E-state index in [1.807, 2.05) is 21.1 Å². The summed E-state index contributed by atoms with van der Waals surface area (Å²) in [5.41, 5.74) is 0. The Morgan fingerprint density at radius 3 is 1.79 bits per heavy atom. The third kappa shape index (κ3) is 25.3. The number of esters is 2. The molecule has 3 atom stereocenters. The van der Waals surface area contributed by atoms with Crippen molar-refractivity contribution in [1.82, 2.24) is 0 Å². The molecule has 42 heavy (non-hydrogen) atoms. The molecule has 0 aromatic heterocycles. The van der Waals surface area contributed by atoms with Crippen molar-refractivity contribution in [1.29, 1.82) is 0 Å². The minimum Gasteiger partial charge on any atom is -0.756 e. The standard InChI is InChI=1S/C29H55F3NO8P/c1-6-7-8-9-10-11-12-13-14-15-16-17-18-19-27(34)38-23-26(41-28(35)22-25(2)29(30,31)32)24-40-42(36,37)39-21-20-33(3,4)5/h25-26H,6-24H2,1-5H3/t25?,26-/m1/s1. The Labute approximate surface area is 251 Å². The largest absolute Gasteiger partial charge is 0.756 e. The fourth-order valence-electron chi connectivity index (χ4n) is 3.90. The van der Waals surface area contributed by atoms with Crippen LogP contribution in [0.15, 0.2) is 0 Å². The molecule has 0 radical (unpaired) electrons. The number of quaternary nitrogens is 1. The normalized spacial score (nSPS) is 15.2. The van der Waals surface area contributed by atoms with E-state index in [4.69, 9.17) is 18.5 Å². The molecule has 0 aliphatic rings. The number of carbonyl (C=O) groups excluding carboxylic acids is 2. The monoisotopic (exact) mass is 633 g/mol. The second-order valence-corrected chi connectivity index (χ2v) is 13.4. The van der Waals surface area contributed by atoms with Crippen LogP contribution in [-0.2, 0) is 32.7 Å². The van der Waals surface area contributed by atoms with Crippen LogP contribution in [0.1, 0.15) is 110 Å². The summed E-state index contributed by atoms with van der Waals surface area (Å²) in [7, 11) is 0.718. The summed E-state index contributed by atoms with van der Waals surface area (Å²) in [6.07, 6.45) is 8.16. The Hall–Kier alpha value is -1.20. The van der Waals surface area contributed by atoms with Gasteiger partial charge in [0.05, 0.1) is 40.1 Å². The van der Waals surface area contributed by atoms with Crippen LogP contribution >= 0.6 is 7.82 Å². The number of phosphoric acid groups is 1. The summed E-state index contributed by atoms with van der Waals surface area (Å²) in [5, 5.41) is 0. The van der Waals surface area contributed by atoms with Gasteiger partial charge in [0, 0.05) is 6.42 Å². The van der Waals surface area contributed by atoms with Gasteiger partial charge in [-0.25, -0.2) is 0 Å². The van der Waals surface area contributed by atoms with E-state index in [-0.39, 0.29) is 13.0 Å². The zero-order valence-electron chi connectivity index (χ0n) is 26.4. The molecular weight excluding hydrogens is 578 g/mol. The van der Waals surface area contributed by atoms with Crippen molar-refractivity contribution in [2.45, 2.75) is 122 Å². The molecule has 0 heterocycles. The maximum atomic E-state index is 12.8. The van der Waals surface area contributed by atoms with Crippen LogP contribution < -0.4 is 4.89 Å². The summed E-state index contributed by atoms with van der Waals surface area (Å²) >= 11 is 0. The third-order valence-corrected chi connectivity index (χ3v) is 7.64. The zero-order chi connectivity index (χ0) is 32.1. The number of alkyl halides is 3. The van der Waals surface area contributed by atoms with Crippen LogP contribution in [0.2, 0.25) is 0 Å². The first-order valence-corrected chi connectivity index (χ1v) is 16.8. The van der Waals surface area contributed by atoms with Gasteiger partial charge in [-0.15, -0.1) is 0 Å². The van der Waals surface area contributed by atoms with Crippen LogP contribution in [0.25, 0.3) is 0 Å². The van der Waals surface area contributed by atoms with E-state index in [0.717, 1.165) is 26.2 Å². The lowest BCUT2D eigenvalue weighted by atomic mass is 10.0. The highest BCUT2D eigenvalue weighted by Gasteiger charge is 2.38. The van der Waals surface area contributed by atoms with E-state index in [1.54, 1.807) is 0 Å². The summed E-state index contributed by atoms with van der Waals surface area (Å²) in [4.78, 5) is 36.3. The fourth-order valence-corrected chi connectivity index (χ4v) is 4.63. The quantitative estimate of drug-likeness (QED) is 0.0447. The van der Waals surface area contributed by atoms with Gasteiger partial charge in [-0.3, -0.25) is 14.2 Å². The first-order chi connectivity index (χ1) is 19.6. The summed E-state index contributed by atoms with van der Waals surface area (Å²) in [6, 6.07) is 0. The topological polar surface area (TPSA) is 111 Å². The van der Waals surface area contributed by atoms with Crippen LogP contribution in [0.4, 0.5) is 13.2 Å². The van der Waals surface area contributed by atoms with Gasteiger partial charge in [0.25, 0.3) is 7.82 Å². The Morgan fingerprint density at radius 1 is 0.810 bits per heavy atom. The molecule has 250 valence electrons. The number of phosphoric ester groups is 1. The number of ether oxygens (including phenoxy) is 2. The molecule has 0 saturated heterocycles. The van der Waals surface area contributed by atoms with Gasteiger partial charge < -0.3 is 27.9 Å². The molecule has 0 N–H and O–H groups in total. The van der Waals surface area contributed by atoms with Gasteiger partial charge in [0.1, 0.15) is 19.8 Å². The maximum absolute atomic E-state index is 12.8. The number of hydrogen-bond acceptors (Lipinski definition) is 8. The average Bonchev–Trinajstić information content (AvgIpc) is 2.86. The summed E-state index contributed by atoms with van der Waals surface area (Å²) < 4.78 is 70.7. The highest BCUT2D eigenvalue weighted by molar-refractivity contribution is 7.45. The number of carbonyl (C=O) groups is 2. The van der Waals surface area contributed by atoms with Gasteiger partial charge in [-0.1, -0.05) is 90.9 Å². The smallest absolute Gasteiger partial charge is 0.392 e. The Balaban J connectivity index is 4.47. The number of nitrogens with zero attached hydrogens (tertiary/aromatic N) is 1. The van der Waals surface area contributed by atoms with Crippen molar-refractivity contribution in [2.24, 2.45) is 5.92 Å². The van der Waals surface area contributed by atoms with Crippen molar-refractivity contribution in [3.8, 4) is 0 Å². The first-order valence-electron chi connectivity index (χ1n) is 15.4. The van der Waals surface area contributed by atoms with Gasteiger partial charge in [0.15, 0.2) is 6.10 Å². The number of unbranched alkanes of at least 4 members (excludes halogenated alkanes) is 12. The minimum atomic E-state index is -4.79. The molecular formula is C29H55F3NO8P. The maximum Gasteiger partial charge on any atom is 0.392 e. The minimum absolute atomic E-state index is 0.124. The highest BCUT2D eigenvalue weighted by Crippen LogP contribution is 2.38. The molecule has 0 aromatic rings. The van der Waals surface area contributed by atoms with Gasteiger partial charge in [0.2, 0.25) is 0 Å². The van der Waals surface area contributed by atoms with E-state index in [1.165, 1.54) is 57.8 Å². The predicted octanol–water partition coefficient (Wildman–Crippen LogP) is 6.72. The first kappa shape index (κ1) is 40.8. The summed E-state index contributed by atoms with van der Waals surface area (Å²) in [6.45, 7) is 1.93. The number of likely N-dealkylation sites (N-methyl/N-ethyl adjacent to an activating group) is 1. The van der Waals surface area contributed by atoms with Crippen molar-refractivity contribution in [2.75, 3.05) is 47.5 Å². The van der Waals surface area contributed by atoms with E-state index in [2.05, 4.69) is 6.92 Å². The molecule has 0 aromatic carbocycles. The molecule has 0 saturated carbocycles. The van der Waals surface area contributed by atoms with Crippen LogP contribution in [0.3, 0.4) is 0 Å². The third-order valence-electron chi connectivity index (χ3n) is 6.67. The van der Waals surface area contributed by atoms with Crippen LogP contribution in [0.5, 0.6) is 0 Å². The fraction of sp³-hybridized carbons (Fsp3) is 0.931. The second kappa shape index (κ2) is 22.3. The van der Waals surface area contributed by atoms with Crippen molar-refractivity contribution < 1.29 is 55.2 Å². The number of rotatable bonds is 26. The lowest BCUT2D eigenvalue weighted by Crippen LogP contribution is -2.37. The zero-order valence-corrected chi connectivity index (χ0v) is 27.3. The van der Waals surface area contributed by atoms with Crippen LogP contribution in [-0.4, -0.2) is 76.2 Å². The molecule has 0 aliphatic carbocycles. The van der Waals surface area contributed by atoms with E-state index < -0.39 is 57.6 Å². The van der Waals surface area contributed by atoms with E-state index in [9.17, 15) is 32.2 Å². The molecule has 13 heteroatoms. The molecule has 0 bridgehead atoms. The molecule has 0 rings (SSSR count). The SMILES string of the molecule is CCCCCCCCCCCCCCCC(=O)OC[C@H](COP(=O)([O-])OCC[N+](C)(C)C)OC(=O)CC(C)C(F)(F)F. The molecule has 0 fully saturated rings. The Kier molecular flexibility index (Phi) is 21.7. The van der Waals surface area contributed by atoms with Crippen molar-refractivity contribution in [3.05, 3.63) is 0 Å². The van der Waals surface area contributed by atoms with E-state index >= 15 is 0 Å². The predicted molar refractivity (Wildman–Crippen MR) is 153 cm³/mol. The number of hydrogen-bond donors (Lipinski definition) is 0. The highest BCUT2D eigenvalue weighted by atomic mass is 31.2. The Morgan fingerprint density at radius 2 is 1.31 bits per heavy atom. The molecule has 0 amide bonds. The van der Waals surface area contributed by atoms with Gasteiger partial charge in [-0.05, 0) is 6.42 Å². The second-order valence-electron chi connectivity index (χ2n) is 12.0. The lowest BCUT2D eigenvalue weighted by molar-refractivity contribution is -0.870. The molecule has 0 spiro atoms. The van der Waals surface area contributed by atoms with Gasteiger partial charge in [-0.2, -0.15) is 13.2 Å². The summed E-state index contributed by atoms with van der Waals surface area (Å²) in [5.74, 6) is -3.76. The molecule has 2 unspecified atom stereocenters. The van der Waals surface area contributed by atoms with Crippen LogP contribution in [0, 0.1) is 5.92 Å². The van der Waals surface area contributed by atoms with E-state index in [0.29, 0.717) is 17.4 Å².